The van der Waals surface area contributed by atoms with E-state index in [0.29, 0.717) is 16.8 Å². The van der Waals surface area contributed by atoms with E-state index in [9.17, 15) is 0 Å². The van der Waals surface area contributed by atoms with Crippen LogP contribution >= 0.6 is 11.6 Å². The summed E-state index contributed by atoms with van der Waals surface area (Å²) in [5, 5.41) is 4.41. The molecule has 4 heteroatoms. The number of nitrogens with zero attached hydrogens (tertiary/aromatic N) is 2. The van der Waals surface area contributed by atoms with Gasteiger partial charge in [0.25, 0.3) is 0 Å². The van der Waals surface area contributed by atoms with E-state index < -0.39 is 0 Å². The van der Waals surface area contributed by atoms with E-state index in [-0.39, 0.29) is 0 Å². The standard InChI is InChI=1S/C11H11ClN2O/c1-7(2)8-3-4-9(10(12)5-8)11-13-6-15-14-11/h3-7H,1-2H3. The van der Waals surface area contributed by atoms with E-state index >= 15 is 0 Å². The average Bonchev–Trinajstić information content (AvgIpc) is 2.70. The molecule has 0 atom stereocenters. The zero-order chi connectivity index (χ0) is 10.8. The van der Waals surface area contributed by atoms with Crippen molar-refractivity contribution < 1.29 is 4.52 Å². The van der Waals surface area contributed by atoms with Crippen LogP contribution in [0.5, 0.6) is 0 Å². The molecule has 0 radical (unpaired) electrons. The van der Waals surface area contributed by atoms with Gasteiger partial charge < -0.3 is 4.52 Å². The highest BCUT2D eigenvalue weighted by molar-refractivity contribution is 6.33. The lowest BCUT2D eigenvalue weighted by molar-refractivity contribution is 0.419. The molecule has 0 saturated heterocycles. The molecule has 2 aromatic rings. The van der Waals surface area contributed by atoms with Gasteiger partial charge in [0.1, 0.15) is 0 Å². The highest BCUT2D eigenvalue weighted by Crippen LogP contribution is 2.28. The zero-order valence-corrected chi connectivity index (χ0v) is 9.32. The minimum atomic E-state index is 0.460. The summed E-state index contributed by atoms with van der Waals surface area (Å²) in [5.74, 6) is 0.983. The molecule has 3 nitrogen and oxygen atoms in total. The Balaban J connectivity index is 2.44. The van der Waals surface area contributed by atoms with Gasteiger partial charge in [0.2, 0.25) is 12.2 Å². The molecule has 0 aliphatic rings. The minimum absolute atomic E-state index is 0.460. The molecule has 0 fully saturated rings. The van der Waals surface area contributed by atoms with Gasteiger partial charge in [-0.25, -0.2) is 0 Å². The van der Waals surface area contributed by atoms with Gasteiger partial charge in [-0.1, -0.05) is 36.7 Å². The number of halogens is 1. The smallest absolute Gasteiger partial charge is 0.214 e. The number of hydrogen-bond acceptors (Lipinski definition) is 3. The van der Waals surface area contributed by atoms with Crippen LogP contribution in [0.25, 0.3) is 11.4 Å². The fourth-order valence-electron chi connectivity index (χ4n) is 1.36. The maximum absolute atomic E-state index is 6.14. The molecule has 0 bridgehead atoms. The van der Waals surface area contributed by atoms with Crippen molar-refractivity contribution in [3.8, 4) is 11.4 Å². The Bertz CT molecular complexity index is 452. The van der Waals surface area contributed by atoms with Crippen LogP contribution in [-0.2, 0) is 0 Å². The first-order valence-electron chi connectivity index (χ1n) is 4.74. The Morgan fingerprint density at radius 2 is 2.13 bits per heavy atom. The highest BCUT2D eigenvalue weighted by atomic mass is 35.5. The van der Waals surface area contributed by atoms with E-state index in [1.54, 1.807) is 0 Å². The van der Waals surface area contributed by atoms with Crippen molar-refractivity contribution in [1.29, 1.82) is 0 Å². The quantitative estimate of drug-likeness (QED) is 0.781. The fourth-order valence-corrected chi connectivity index (χ4v) is 1.63. The molecule has 0 unspecified atom stereocenters. The number of aromatic nitrogens is 2. The van der Waals surface area contributed by atoms with Gasteiger partial charge in [-0.15, -0.1) is 0 Å². The largest absolute Gasteiger partial charge is 0.342 e. The average molecular weight is 223 g/mol. The highest BCUT2D eigenvalue weighted by Gasteiger charge is 2.09. The second kappa shape index (κ2) is 4.03. The van der Waals surface area contributed by atoms with Gasteiger partial charge in [0.05, 0.1) is 5.02 Å². The Hall–Kier alpha value is -1.35. The van der Waals surface area contributed by atoms with Crippen molar-refractivity contribution in [2.75, 3.05) is 0 Å². The Morgan fingerprint density at radius 3 is 2.67 bits per heavy atom. The second-order valence-electron chi connectivity index (χ2n) is 3.65. The van der Waals surface area contributed by atoms with Crippen LogP contribution in [-0.4, -0.2) is 10.1 Å². The molecule has 0 aliphatic heterocycles. The molecule has 15 heavy (non-hydrogen) atoms. The van der Waals surface area contributed by atoms with E-state index in [1.807, 2.05) is 18.2 Å². The van der Waals surface area contributed by atoms with Gasteiger partial charge in [0, 0.05) is 5.56 Å². The summed E-state index contributed by atoms with van der Waals surface area (Å²) >= 11 is 6.14. The van der Waals surface area contributed by atoms with Crippen LogP contribution in [0, 0.1) is 0 Å². The summed E-state index contributed by atoms with van der Waals surface area (Å²) < 4.78 is 4.68. The Morgan fingerprint density at radius 1 is 1.33 bits per heavy atom. The summed E-state index contributed by atoms with van der Waals surface area (Å²) in [7, 11) is 0. The lowest BCUT2D eigenvalue weighted by Gasteiger charge is -2.07. The van der Waals surface area contributed by atoms with Crippen LogP contribution in [0.4, 0.5) is 0 Å². The molecule has 1 aromatic heterocycles. The van der Waals surface area contributed by atoms with Crippen molar-refractivity contribution >= 4 is 11.6 Å². The van der Waals surface area contributed by atoms with E-state index in [2.05, 4.69) is 28.5 Å². The summed E-state index contributed by atoms with van der Waals surface area (Å²) in [6.45, 7) is 4.25. The first-order valence-corrected chi connectivity index (χ1v) is 5.12. The molecule has 2 rings (SSSR count). The molecule has 0 spiro atoms. The number of hydrogen-bond donors (Lipinski definition) is 0. The van der Waals surface area contributed by atoms with E-state index in [4.69, 9.17) is 11.6 Å². The number of rotatable bonds is 2. The lowest BCUT2D eigenvalue weighted by Crippen LogP contribution is -1.89. The van der Waals surface area contributed by atoms with Gasteiger partial charge in [0.15, 0.2) is 0 Å². The molecule has 78 valence electrons. The van der Waals surface area contributed by atoms with Crippen molar-refractivity contribution in [2.45, 2.75) is 19.8 Å². The molecule has 0 amide bonds. The Kier molecular flexibility index (Phi) is 2.73. The molecule has 1 heterocycles. The summed E-state index contributed by atoms with van der Waals surface area (Å²) in [6, 6.07) is 5.89. The fraction of sp³-hybridized carbons (Fsp3) is 0.273. The van der Waals surface area contributed by atoms with Crippen LogP contribution in [0.1, 0.15) is 25.3 Å². The molecular weight excluding hydrogens is 212 g/mol. The summed E-state index contributed by atoms with van der Waals surface area (Å²) in [6.07, 6.45) is 1.29. The predicted molar refractivity (Wildman–Crippen MR) is 58.8 cm³/mol. The first kappa shape index (κ1) is 10.2. The third-order valence-corrected chi connectivity index (χ3v) is 2.57. The van der Waals surface area contributed by atoms with Gasteiger partial charge in [-0.05, 0) is 23.6 Å². The summed E-state index contributed by atoms with van der Waals surface area (Å²) in [5.41, 5.74) is 2.00. The Labute approximate surface area is 93.1 Å². The lowest BCUT2D eigenvalue weighted by atomic mass is 10.0. The molecular formula is C11H11ClN2O. The van der Waals surface area contributed by atoms with Crippen LogP contribution in [0.15, 0.2) is 29.1 Å². The van der Waals surface area contributed by atoms with Crippen LogP contribution in [0.2, 0.25) is 5.02 Å². The second-order valence-corrected chi connectivity index (χ2v) is 4.06. The minimum Gasteiger partial charge on any atom is -0.342 e. The van der Waals surface area contributed by atoms with Gasteiger partial charge in [-0.2, -0.15) is 4.98 Å². The molecule has 0 aliphatic carbocycles. The molecule has 0 N–H and O–H groups in total. The van der Waals surface area contributed by atoms with Crippen LogP contribution in [0.3, 0.4) is 0 Å². The topological polar surface area (TPSA) is 38.9 Å². The molecule has 0 saturated carbocycles. The van der Waals surface area contributed by atoms with Crippen molar-refractivity contribution in [1.82, 2.24) is 10.1 Å². The molecule has 1 aromatic carbocycles. The third-order valence-electron chi connectivity index (χ3n) is 2.26. The maximum atomic E-state index is 6.14. The monoisotopic (exact) mass is 222 g/mol. The third kappa shape index (κ3) is 2.02. The van der Waals surface area contributed by atoms with Crippen molar-refractivity contribution in [3.05, 3.63) is 35.2 Å². The zero-order valence-electron chi connectivity index (χ0n) is 8.57. The summed E-state index contributed by atoms with van der Waals surface area (Å²) in [4.78, 5) is 3.96. The first-order chi connectivity index (χ1) is 7.18. The van der Waals surface area contributed by atoms with Crippen LogP contribution < -0.4 is 0 Å². The normalized spacial score (nSPS) is 10.9. The SMILES string of the molecule is CC(C)c1ccc(-c2ncon2)c(Cl)c1. The van der Waals surface area contributed by atoms with Gasteiger partial charge >= 0.3 is 0 Å². The van der Waals surface area contributed by atoms with E-state index in [1.165, 1.54) is 12.0 Å². The predicted octanol–water partition coefficient (Wildman–Crippen LogP) is 3.51. The maximum Gasteiger partial charge on any atom is 0.214 e. The van der Waals surface area contributed by atoms with Crippen molar-refractivity contribution in [3.63, 3.8) is 0 Å². The van der Waals surface area contributed by atoms with Gasteiger partial charge in [-0.3, -0.25) is 0 Å². The van der Waals surface area contributed by atoms with E-state index in [0.717, 1.165) is 5.56 Å². The van der Waals surface area contributed by atoms with Crippen molar-refractivity contribution in [2.24, 2.45) is 0 Å². The number of benzene rings is 1.